The number of carbonyl (C=O) groups is 1. The van der Waals surface area contributed by atoms with E-state index < -0.39 is 0 Å². The summed E-state index contributed by atoms with van der Waals surface area (Å²) in [6, 6.07) is 12.7. The van der Waals surface area contributed by atoms with Gasteiger partial charge in [0.05, 0.1) is 6.42 Å². The highest BCUT2D eigenvalue weighted by Crippen LogP contribution is 2.14. The Bertz CT molecular complexity index is 574. The Labute approximate surface area is 130 Å². The standard InChI is InChI=1S/C17H22N4O/c22-17(12-16-6-9-18-20-16)19-15-7-10-21(11-8-15)13-14-4-2-1-3-5-14/h1-6,9,15H,7-8,10-13H2,(H,18,20)(H,19,22). The van der Waals surface area contributed by atoms with Crippen molar-refractivity contribution in [3.63, 3.8) is 0 Å². The van der Waals surface area contributed by atoms with Gasteiger partial charge in [-0.05, 0) is 24.5 Å². The number of hydrogen-bond acceptors (Lipinski definition) is 3. The largest absolute Gasteiger partial charge is 0.353 e. The summed E-state index contributed by atoms with van der Waals surface area (Å²) < 4.78 is 0. The topological polar surface area (TPSA) is 61.0 Å². The number of aromatic nitrogens is 2. The lowest BCUT2D eigenvalue weighted by atomic mass is 10.0. The van der Waals surface area contributed by atoms with Crippen LogP contribution in [-0.2, 0) is 17.8 Å². The van der Waals surface area contributed by atoms with E-state index in [1.54, 1.807) is 6.20 Å². The van der Waals surface area contributed by atoms with Crippen LogP contribution >= 0.6 is 0 Å². The molecule has 116 valence electrons. The molecule has 0 spiro atoms. The van der Waals surface area contributed by atoms with Gasteiger partial charge in [-0.2, -0.15) is 5.10 Å². The van der Waals surface area contributed by atoms with Gasteiger partial charge in [-0.3, -0.25) is 14.8 Å². The van der Waals surface area contributed by atoms with Crippen LogP contribution in [0.1, 0.15) is 24.1 Å². The van der Waals surface area contributed by atoms with Crippen molar-refractivity contribution in [3.05, 3.63) is 53.9 Å². The second kappa shape index (κ2) is 7.22. The summed E-state index contributed by atoms with van der Waals surface area (Å²) in [6.45, 7) is 3.06. The van der Waals surface area contributed by atoms with Gasteiger partial charge in [0.25, 0.3) is 0 Å². The molecule has 22 heavy (non-hydrogen) atoms. The number of H-pyrrole nitrogens is 1. The summed E-state index contributed by atoms with van der Waals surface area (Å²) in [6.07, 6.45) is 4.08. The molecular weight excluding hydrogens is 276 g/mol. The average Bonchev–Trinajstić information content (AvgIpc) is 3.03. The molecule has 1 aromatic heterocycles. The number of amides is 1. The maximum atomic E-state index is 12.0. The van der Waals surface area contributed by atoms with Crippen molar-refractivity contribution in [1.29, 1.82) is 0 Å². The lowest BCUT2D eigenvalue weighted by Crippen LogP contribution is -2.44. The number of piperidine rings is 1. The predicted molar refractivity (Wildman–Crippen MR) is 85.2 cm³/mol. The highest BCUT2D eigenvalue weighted by molar-refractivity contribution is 5.78. The molecule has 1 aromatic carbocycles. The van der Waals surface area contributed by atoms with Gasteiger partial charge in [-0.15, -0.1) is 0 Å². The van der Waals surface area contributed by atoms with E-state index in [1.165, 1.54) is 5.56 Å². The third-order valence-corrected chi connectivity index (χ3v) is 4.11. The molecule has 5 nitrogen and oxygen atoms in total. The van der Waals surface area contributed by atoms with Crippen LogP contribution in [-0.4, -0.2) is 40.1 Å². The minimum absolute atomic E-state index is 0.0748. The van der Waals surface area contributed by atoms with Gasteiger partial charge < -0.3 is 5.32 Å². The van der Waals surface area contributed by atoms with E-state index in [-0.39, 0.29) is 5.91 Å². The fourth-order valence-electron chi connectivity index (χ4n) is 2.91. The Hall–Kier alpha value is -2.14. The van der Waals surface area contributed by atoms with Crippen LogP contribution in [0.4, 0.5) is 0 Å². The molecule has 2 heterocycles. The minimum Gasteiger partial charge on any atom is -0.353 e. The van der Waals surface area contributed by atoms with E-state index >= 15 is 0 Å². The smallest absolute Gasteiger partial charge is 0.226 e. The van der Waals surface area contributed by atoms with E-state index in [1.807, 2.05) is 12.1 Å². The van der Waals surface area contributed by atoms with Gasteiger partial charge in [0.15, 0.2) is 0 Å². The van der Waals surface area contributed by atoms with E-state index in [9.17, 15) is 4.79 Å². The number of carbonyl (C=O) groups excluding carboxylic acids is 1. The highest BCUT2D eigenvalue weighted by atomic mass is 16.1. The van der Waals surface area contributed by atoms with Crippen LogP contribution in [0.3, 0.4) is 0 Å². The van der Waals surface area contributed by atoms with Crippen molar-refractivity contribution in [3.8, 4) is 0 Å². The van der Waals surface area contributed by atoms with Crippen molar-refractivity contribution >= 4 is 5.91 Å². The zero-order chi connectivity index (χ0) is 15.2. The predicted octanol–water partition coefficient (Wildman–Crippen LogP) is 1.73. The van der Waals surface area contributed by atoms with Crippen LogP contribution in [0.5, 0.6) is 0 Å². The average molecular weight is 298 g/mol. The van der Waals surface area contributed by atoms with Crippen LogP contribution in [0.15, 0.2) is 42.6 Å². The Morgan fingerprint density at radius 1 is 1.23 bits per heavy atom. The van der Waals surface area contributed by atoms with Crippen molar-refractivity contribution in [2.24, 2.45) is 0 Å². The Morgan fingerprint density at radius 3 is 2.68 bits per heavy atom. The Balaban J connectivity index is 1.41. The minimum atomic E-state index is 0.0748. The summed E-state index contributed by atoms with van der Waals surface area (Å²) in [7, 11) is 0. The van der Waals surface area contributed by atoms with Crippen LogP contribution < -0.4 is 5.32 Å². The number of benzene rings is 1. The third kappa shape index (κ3) is 4.18. The number of likely N-dealkylation sites (tertiary alicyclic amines) is 1. The zero-order valence-corrected chi connectivity index (χ0v) is 12.7. The van der Waals surface area contributed by atoms with Gasteiger partial charge >= 0.3 is 0 Å². The molecule has 1 amide bonds. The van der Waals surface area contributed by atoms with Crippen LogP contribution in [0.25, 0.3) is 0 Å². The summed E-state index contributed by atoms with van der Waals surface area (Å²) in [5.41, 5.74) is 2.21. The lowest BCUT2D eigenvalue weighted by Gasteiger charge is -2.32. The fourth-order valence-corrected chi connectivity index (χ4v) is 2.91. The monoisotopic (exact) mass is 298 g/mol. The van der Waals surface area contributed by atoms with Gasteiger partial charge in [0.2, 0.25) is 5.91 Å². The molecular formula is C17H22N4O. The summed E-state index contributed by atoms with van der Waals surface area (Å²) in [5, 5.41) is 9.81. The Morgan fingerprint density at radius 2 is 2.00 bits per heavy atom. The second-order valence-corrected chi connectivity index (χ2v) is 5.86. The van der Waals surface area contributed by atoms with Crippen molar-refractivity contribution < 1.29 is 4.79 Å². The third-order valence-electron chi connectivity index (χ3n) is 4.11. The van der Waals surface area contributed by atoms with E-state index in [2.05, 4.69) is 44.7 Å². The number of nitrogens with zero attached hydrogens (tertiary/aromatic N) is 2. The molecule has 0 radical (unpaired) electrons. The fraction of sp³-hybridized carbons (Fsp3) is 0.412. The molecule has 3 rings (SSSR count). The SMILES string of the molecule is O=C(Cc1ccn[nH]1)NC1CCN(Cc2ccccc2)CC1. The molecule has 2 aromatic rings. The molecule has 1 fully saturated rings. The van der Waals surface area contributed by atoms with E-state index in [4.69, 9.17) is 0 Å². The molecule has 1 saturated heterocycles. The molecule has 0 aliphatic carbocycles. The Kier molecular flexibility index (Phi) is 4.85. The van der Waals surface area contributed by atoms with Crippen molar-refractivity contribution in [1.82, 2.24) is 20.4 Å². The highest BCUT2D eigenvalue weighted by Gasteiger charge is 2.20. The summed E-state index contributed by atoms with van der Waals surface area (Å²) in [4.78, 5) is 14.4. The molecule has 0 saturated carbocycles. The molecule has 1 aliphatic heterocycles. The normalized spacial score (nSPS) is 16.5. The van der Waals surface area contributed by atoms with Crippen LogP contribution in [0, 0.1) is 0 Å². The first-order valence-electron chi connectivity index (χ1n) is 7.83. The molecule has 2 N–H and O–H groups in total. The van der Waals surface area contributed by atoms with Gasteiger partial charge in [0, 0.05) is 37.6 Å². The summed E-state index contributed by atoms with van der Waals surface area (Å²) >= 11 is 0. The second-order valence-electron chi connectivity index (χ2n) is 5.86. The van der Waals surface area contributed by atoms with Crippen LogP contribution in [0.2, 0.25) is 0 Å². The molecule has 0 unspecified atom stereocenters. The quantitative estimate of drug-likeness (QED) is 0.884. The molecule has 0 bridgehead atoms. The summed E-state index contributed by atoms with van der Waals surface area (Å²) in [5.74, 6) is 0.0748. The molecule has 0 atom stereocenters. The van der Waals surface area contributed by atoms with Crippen molar-refractivity contribution in [2.75, 3.05) is 13.1 Å². The first-order valence-corrected chi connectivity index (χ1v) is 7.83. The maximum absolute atomic E-state index is 12.0. The first-order chi connectivity index (χ1) is 10.8. The zero-order valence-electron chi connectivity index (χ0n) is 12.7. The first kappa shape index (κ1) is 14.8. The number of aromatic amines is 1. The van der Waals surface area contributed by atoms with Gasteiger partial charge in [-0.25, -0.2) is 0 Å². The molecule has 1 aliphatic rings. The van der Waals surface area contributed by atoms with Gasteiger partial charge in [0.1, 0.15) is 0 Å². The number of rotatable bonds is 5. The van der Waals surface area contributed by atoms with E-state index in [0.717, 1.165) is 38.2 Å². The van der Waals surface area contributed by atoms with E-state index in [0.29, 0.717) is 12.5 Å². The van der Waals surface area contributed by atoms with Crippen molar-refractivity contribution in [2.45, 2.75) is 31.8 Å². The number of nitrogens with one attached hydrogen (secondary N) is 2. The van der Waals surface area contributed by atoms with Gasteiger partial charge in [-0.1, -0.05) is 30.3 Å². The lowest BCUT2D eigenvalue weighted by molar-refractivity contribution is -0.121. The molecule has 5 heteroatoms. The maximum Gasteiger partial charge on any atom is 0.226 e. The number of hydrogen-bond donors (Lipinski definition) is 2.